The van der Waals surface area contributed by atoms with Gasteiger partial charge in [-0.25, -0.2) is 19.6 Å². The Morgan fingerprint density at radius 3 is 1.67 bits per heavy atom. The second kappa shape index (κ2) is 20.4. The van der Waals surface area contributed by atoms with Gasteiger partial charge >= 0.3 is 11.9 Å². The van der Waals surface area contributed by atoms with E-state index < -0.39 is 11.9 Å². The van der Waals surface area contributed by atoms with Crippen molar-refractivity contribution in [3.63, 3.8) is 0 Å². The lowest BCUT2D eigenvalue weighted by Crippen LogP contribution is -1.99. The highest BCUT2D eigenvalue weighted by molar-refractivity contribution is 9.11. The number of nitrogens with zero attached hydrogens (tertiary/aromatic N) is 4. The maximum absolute atomic E-state index is 11.1. The first-order valence-electron chi connectivity index (χ1n) is 16.5. The van der Waals surface area contributed by atoms with E-state index in [9.17, 15) is 9.59 Å². The van der Waals surface area contributed by atoms with E-state index in [-0.39, 0.29) is 11.1 Å². The van der Waals surface area contributed by atoms with Crippen LogP contribution in [0, 0.1) is 11.8 Å². The van der Waals surface area contributed by atoms with Gasteiger partial charge in [-0.3, -0.25) is 9.97 Å². The predicted molar refractivity (Wildman–Crippen MR) is 230 cm³/mol. The normalized spacial score (nSPS) is 10.7. The molecule has 4 heterocycles. The minimum absolute atomic E-state index is 0.111. The number of rotatable bonds is 10. The van der Waals surface area contributed by atoms with Crippen molar-refractivity contribution in [3.8, 4) is 22.5 Å². The number of nitrogens with two attached hydrogens (primary N) is 1. The van der Waals surface area contributed by atoms with E-state index in [1.807, 2.05) is 24.3 Å². The zero-order valence-corrected chi connectivity index (χ0v) is 36.0. The van der Waals surface area contributed by atoms with Crippen LogP contribution in [0.1, 0.15) is 58.2 Å². The van der Waals surface area contributed by atoms with Crippen molar-refractivity contribution in [3.05, 3.63) is 118 Å². The number of halogens is 5. The zero-order valence-electron chi connectivity index (χ0n) is 29.8. The van der Waals surface area contributed by atoms with E-state index in [4.69, 9.17) is 67.3 Å². The van der Waals surface area contributed by atoms with E-state index in [1.54, 1.807) is 29.7 Å². The molecule has 0 saturated heterocycles. The Morgan fingerprint density at radius 1 is 0.709 bits per heavy atom. The average molecular weight is 926 g/mol. The van der Waals surface area contributed by atoms with Gasteiger partial charge in [-0.2, -0.15) is 0 Å². The van der Waals surface area contributed by atoms with Crippen LogP contribution in [0.2, 0.25) is 20.1 Å². The number of carboxylic acids is 2. The monoisotopic (exact) mass is 922 g/mol. The summed E-state index contributed by atoms with van der Waals surface area (Å²) in [6.45, 7) is 8.69. The third-order valence-corrected chi connectivity index (χ3v) is 11.2. The standard InChI is InChI=1S/C19H17Cl2N3O2S.C13H12BrCl2NS.C6H6N2O2/c1-10(2)5-16-17(11-3-4-14(20)15(21)7-11)24-19(27-16)23-13-6-12(18(25)26)8-22-9-13;1-7(2)5-11-12(17-13(14)18-11)8-3-4-9(15)10(16)6-8;7-5-1-4(6(9)10)2-8-3-5/h3-4,6-10H,5H2,1-2H3,(H,23,24)(H,25,26);3-4,6-7H,5H2,1-2H3;1-3H,7H2,(H,9,10). The third kappa shape index (κ3) is 13.1. The number of aromatic carboxylic acids is 2. The average Bonchev–Trinajstić information content (AvgIpc) is 3.68. The molecule has 0 amide bonds. The molecule has 0 spiro atoms. The van der Waals surface area contributed by atoms with Crippen molar-refractivity contribution in [1.29, 1.82) is 0 Å². The molecule has 0 aliphatic heterocycles. The molecule has 6 rings (SSSR count). The fraction of sp³-hybridized carbons (Fsp3) is 0.211. The van der Waals surface area contributed by atoms with Gasteiger partial charge in [-0.1, -0.05) is 86.2 Å². The Balaban J connectivity index is 0.000000205. The fourth-order valence-electron chi connectivity index (χ4n) is 4.81. The third-order valence-electron chi connectivity index (χ3n) is 7.18. The maximum atomic E-state index is 11.1. The van der Waals surface area contributed by atoms with Gasteiger partial charge in [-0.05, 0) is 77.0 Å². The van der Waals surface area contributed by atoms with Crippen LogP contribution in [0.4, 0.5) is 16.5 Å². The molecule has 288 valence electrons. The molecule has 17 heteroatoms. The van der Waals surface area contributed by atoms with Crippen LogP contribution in [0.3, 0.4) is 0 Å². The van der Waals surface area contributed by atoms with Gasteiger partial charge in [0.15, 0.2) is 9.05 Å². The van der Waals surface area contributed by atoms with Crippen molar-refractivity contribution in [1.82, 2.24) is 19.9 Å². The van der Waals surface area contributed by atoms with Crippen LogP contribution < -0.4 is 11.1 Å². The van der Waals surface area contributed by atoms with Gasteiger partial charge in [0.2, 0.25) is 0 Å². The summed E-state index contributed by atoms with van der Waals surface area (Å²) in [5.41, 5.74) is 10.2. The molecule has 0 unspecified atom stereocenters. The Bertz CT molecular complexity index is 2290. The predicted octanol–water partition coefficient (Wildman–Crippen LogP) is 12.6. The first kappa shape index (κ1) is 43.9. The zero-order chi connectivity index (χ0) is 40.4. The molecule has 55 heavy (non-hydrogen) atoms. The Kier molecular flexibility index (Phi) is 16.3. The van der Waals surface area contributed by atoms with Crippen LogP contribution in [0.15, 0.2) is 77.2 Å². The molecular formula is C38H35BrCl4N6O4S2. The van der Waals surface area contributed by atoms with E-state index in [2.05, 4.69) is 63.9 Å². The Labute approximate surface area is 354 Å². The van der Waals surface area contributed by atoms with Crippen molar-refractivity contribution < 1.29 is 19.8 Å². The van der Waals surface area contributed by atoms with Gasteiger partial charge in [0, 0.05) is 39.5 Å². The molecule has 2 aromatic carbocycles. The van der Waals surface area contributed by atoms with Crippen molar-refractivity contribution >= 4 is 113 Å². The molecule has 5 N–H and O–H groups in total. The summed E-state index contributed by atoms with van der Waals surface area (Å²) in [6.07, 6.45) is 7.39. The summed E-state index contributed by atoms with van der Waals surface area (Å²) in [5, 5.41) is 23.5. The van der Waals surface area contributed by atoms with Crippen molar-refractivity contribution in [2.45, 2.75) is 40.5 Å². The molecule has 0 aliphatic carbocycles. The molecule has 10 nitrogen and oxygen atoms in total. The van der Waals surface area contributed by atoms with Gasteiger partial charge in [0.1, 0.15) is 0 Å². The van der Waals surface area contributed by atoms with Gasteiger partial charge in [0.05, 0.1) is 60.2 Å². The highest BCUT2D eigenvalue weighted by Crippen LogP contribution is 2.37. The minimum atomic E-state index is -1.03. The van der Waals surface area contributed by atoms with E-state index in [0.717, 1.165) is 44.2 Å². The van der Waals surface area contributed by atoms with Gasteiger partial charge < -0.3 is 21.3 Å². The highest BCUT2D eigenvalue weighted by atomic mass is 79.9. The molecule has 0 bridgehead atoms. The Morgan fingerprint density at radius 2 is 1.20 bits per heavy atom. The number of benzene rings is 2. The lowest BCUT2D eigenvalue weighted by atomic mass is 10.0. The van der Waals surface area contributed by atoms with Crippen LogP contribution in [0.25, 0.3) is 22.5 Å². The molecule has 0 saturated carbocycles. The molecule has 0 fully saturated rings. The number of hydrogen-bond donors (Lipinski definition) is 4. The Hall–Kier alpha value is -3.82. The lowest BCUT2D eigenvalue weighted by molar-refractivity contribution is 0.0685. The summed E-state index contributed by atoms with van der Waals surface area (Å²) in [7, 11) is 0. The van der Waals surface area contributed by atoms with Crippen LogP contribution in [-0.2, 0) is 12.8 Å². The smallest absolute Gasteiger partial charge is 0.337 e. The number of nitrogens with one attached hydrogen (secondary N) is 1. The van der Waals surface area contributed by atoms with Crippen LogP contribution in [-0.4, -0.2) is 42.1 Å². The topological polar surface area (TPSA) is 164 Å². The fourth-order valence-corrected chi connectivity index (χ4v) is 8.40. The minimum Gasteiger partial charge on any atom is -0.478 e. The van der Waals surface area contributed by atoms with Gasteiger partial charge in [-0.15, -0.1) is 22.7 Å². The molecule has 4 aromatic heterocycles. The number of aromatic nitrogens is 4. The number of carboxylic acid groups (broad SMARTS) is 2. The highest BCUT2D eigenvalue weighted by Gasteiger charge is 2.17. The number of nitrogen functional groups attached to an aromatic ring is 1. The van der Waals surface area contributed by atoms with E-state index >= 15 is 0 Å². The largest absolute Gasteiger partial charge is 0.478 e. The number of hydrogen-bond acceptors (Lipinski definition) is 10. The first-order valence-corrected chi connectivity index (χ1v) is 20.4. The van der Waals surface area contributed by atoms with Crippen molar-refractivity contribution in [2.24, 2.45) is 11.8 Å². The second-order valence-corrected chi connectivity index (χ2v) is 17.8. The number of anilines is 3. The number of carbonyl (C=O) groups is 2. The van der Waals surface area contributed by atoms with Gasteiger partial charge in [0.25, 0.3) is 0 Å². The summed E-state index contributed by atoms with van der Waals surface area (Å²) >= 11 is 30.9. The maximum Gasteiger partial charge on any atom is 0.337 e. The lowest BCUT2D eigenvalue weighted by Gasteiger charge is -2.06. The SMILES string of the molecule is CC(C)Cc1sc(Br)nc1-c1ccc(Cl)c(Cl)c1.CC(C)Cc1sc(Nc2cncc(C(=O)O)c2)nc1-c1ccc(Cl)c(Cl)c1.Nc1cncc(C(=O)O)c1. The van der Waals surface area contributed by atoms with Crippen LogP contribution in [0.5, 0.6) is 0 Å². The van der Waals surface area contributed by atoms with E-state index in [1.165, 1.54) is 46.9 Å². The summed E-state index contributed by atoms with van der Waals surface area (Å²) in [4.78, 5) is 40.6. The summed E-state index contributed by atoms with van der Waals surface area (Å²) in [5.74, 6) is -0.988. The van der Waals surface area contributed by atoms with Crippen molar-refractivity contribution in [2.75, 3.05) is 11.1 Å². The van der Waals surface area contributed by atoms with E-state index in [0.29, 0.717) is 48.4 Å². The molecule has 0 atom stereocenters. The summed E-state index contributed by atoms with van der Waals surface area (Å²) in [6, 6.07) is 14.0. The molecule has 0 aliphatic rings. The molecule has 0 radical (unpaired) electrons. The number of pyridine rings is 2. The van der Waals surface area contributed by atoms with Crippen LogP contribution >= 0.6 is 85.0 Å². The quantitative estimate of drug-likeness (QED) is 0.104. The first-order chi connectivity index (χ1) is 26.0. The molecular weight excluding hydrogens is 890 g/mol. The second-order valence-electron chi connectivity index (χ2n) is 12.7. The molecule has 6 aromatic rings. The number of thiazole rings is 2. The summed E-state index contributed by atoms with van der Waals surface area (Å²) < 4.78 is 0.902.